The Labute approximate surface area is 165 Å². The summed E-state index contributed by atoms with van der Waals surface area (Å²) < 4.78 is 13.4. The number of piperidine rings is 1. The smallest absolute Gasteiger partial charge is 0.253 e. The van der Waals surface area contributed by atoms with Gasteiger partial charge in [0.05, 0.1) is 0 Å². The van der Waals surface area contributed by atoms with Crippen LogP contribution in [0.4, 0.5) is 10.1 Å². The van der Waals surface area contributed by atoms with Crippen LogP contribution in [0.3, 0.4) is 0 Å². The number of likely N-dealkylation sites (tertiary alicyclic amines) is 1. The van der Waals surface area contributed by atoms with Crippen molar-refractivity contribution in [2.45, 2.75) is 39.5 Å². The van der Waals surface area contributed by atoms with Gasteiger partial charge in [0.2, 0.25) is 5.91 Å². The molecule has 0 spiro atoms. The van der Waals surface area contributed by atoms with Crippen LogP contribution in [0.25, 0.3) is 0 Å². The molecule has 0 atom stereocenters. The van der Waals surface area contributed by atoms with Gasteiger partial charge in [-0.05, 0) is 55.0 Å². The lowest BCUT2D eigenvalue weighted by Gasteiger charge is -2.31. The molecule has 1 heterocycles. The van der Waals surface area contributed by atoms with Gasteiger partial charge in [0, 0.05) is 30.3 Å². The molecule has 2 aromatic carbocycles. The fraction of sp³-hybridized carbons (Fsp3) is 0.391. The third-order valence-electron chi connectivity index (χ3n) is 5.40. The van der Waals surface area contributed by atoms with E-state index < -0.39 is 5.82 Å². The second-order valence-corrected chi connectivity index (χ2v) is 7.76. The van der Waals surface area contributed by atoms with Crippen molar-refractivity contribution in [1.82, 2.24) is 4.90 Å². The van der Waals surface area contributed by atoms with Crippen molar-refractivity contribution in [3.63, 3.8) is 0 Å². The van der Waals surface area contributed by atoms with Gasteiger partial charge in [-0.2, -0.15) is 0 Å². The summed E-state index contributed by atoms with van der Waals surface area (Å²) in [6.45, 7) is 7.22. The Bertz CT molecular complexity index is 871. The second kappa shape index (κ2) is 8.55. The highest BCUT2D eigenvalue weighted by Gasteiger charge is 2.28. The Morgan fingerprint density at radius 2 is 1.79 bits per heavy atom. The predicted molar refractivity (Wildman–Crippen MR) is 109 cm³/mol. The number of hydrogen-bond donors (Lipinski definition) is 1. The van der Waals surface area contributed by atoms with Crippen molar-refractivity contribution < 1.29 is 14.0 Å². The molecule has 1 aliphatic heterocycles. The van der Waals surface area contributed by atoms with Gasteiger partial charge in [-0.1, -0.05) is 38.1 Å². The fourth-order valence-corrected chi connectivity index (χ4v) is 3.72. The Morgan fingerprint density at radius 1 is 1.11 bits per heavy atom. The Morgan fingerprint density at radius 3 is 2.43 bits per heavy atom. The molecule has 0 aromatic heterocycles. The monoisotopic (exact) mass is 382 g/mol. The van der Waals surface area contributed by atoms with Crippen molar-refractivity contribution >= 4 is 17.5 Å². The molecular formula is C23H27FN2O2. The highest BCUT2D eigenvalue weighted by atomic mass is 19.1. The van der Waals surface area contributed by atoms with Crippen molar-refractivity contribution in [2.24, 2.45) is 5.92 Å². The van der Waals surface area contributed by atoms with Crippen molar-refractivity contribution in [2.75, 3.05) is 18.4 Å². The molecule has 0 saturated carbocycles. The number of anilines is 1. The van der Waals surface area contributed by atoms with E-state index in [1.54, 1.807) is 11.0 Å². The van der Waals surface area contributed by atoms with Crippen LogP contribution in [0.15, 0.2) is 42.5 Å². The van der Waals surface area contributed by atoms with Crippen molar-refractivity contribution in [3.05, 3.63) is 65.0 Å². The molecule has 1 aliphatic rings. The zero-order valence-electron chi connectivity index (χ0n) is 16.7. The van der Waals surface area contributed by atoms with Gasteiger partial charge in [0.25, 0.3) is 5.91 Å². The third kappa shape index (κ3) is 4.41. The number of rotatable bonds is 4. The van der Waals surface area contributed by atoms with Gasteiger partial charge >= 0.3 is 0 Å². The first-order chi connectivity index (χ1) is 13.4. The highest BCUT2D eigenvalue weighted by Crippen LogP contribution is 2.29. The van der Waals surface area contributed by atoms with E-state index in [1.165, 1.54) is 18.2 Å². The van der Waals surface area contributed by atoms with Crippen LogP contribution in [0.1, 0.15) is 54.1 Å². The Kier molecular flexibility index (Phi) is 6.12. The predicted octanol–water partition coefficient (Wildman–Crippen LogP) is 4.75. The average molecular weight is 382 g/mol. The summed E-state index contributed by atoms with van der Waals surface area (Å²) in [6, 6.07) is 11.8. The molecule has 0 unspecified atom stereocenters. The summed E-state index contributed by atoms with van der Waals surface area (Å²) in [5.41, 5.74) is 3.44. The first kappa shape index (κ1) is 20.1. The normalized spacial score (nSPS) is 15.0. The van der Waals surface area contributed by atoms with Crippen LogP contribution >= 0.6 is 0 Å². The molecule has 1 saturated heterocycles. The molecule has 2 aromatic rings. The first-order valence-electron chi connectivity index (χ1n) is 9.82. The van der Waals surface area contributed by atoms with Crippen LogP contribution in [0.2, 0.25) is 0 Å². The standard InChI is InChI=1S/C23H27FN2O2/c1-15(2)20-9-4-6-16(3)21(20)25-22(27)17-10-12-26(13-11-17)23(28)18-7-5-8-19(24)14-18/h4-9,14-15,17H,10-13H2,1-3H3,(H,25,27). The zero-order chi connectivity index (χ0) is 20.3. The van der Waals surface area contributed by atoms with E-state index in [2.05, 4.69) is 19.2 Å². The van der Waals surface area contributed by atoms with Crippen LogP contribution < -0.4 is 5.32 Å². The summed E-state index contributed by atoms with van der Waals surface area (Å²) in [5, 5.41) is 3.12. The topological polar surface area (TPSA) is 49.4 Å². The molecule has 2 amide bonds. The third-order valence-corrected chi connectivity index (χ3v) is 5.40. The maximum Gasteiger partial charge on any atom is 0.253 e. The number of hydrogen-bond acceptors (Lipinski definition) is 2. The van der Waals surface area contributed by atoms with E-state index in [1.807, 2.05) is 25.1 Å². The Balaban J connectivity index is 1.62. The number of halogens is 1. The lowest BCUT2D eigenvalue weighted by atomic mass is 9.93. The lowest BCUT2D eigenvalue weighted by Crippen LogP contribution is -2.41. The zero-order valence-corrected chi connectivity index (χ0v) is 16.7. The van der Waals surface area contributed by atoms with E-state index in [0.717, 1.165) is 16.8 Å². The van der Waals surface area contributed by atoms with Crippen molar-refractivity contribution in [3.8, 4) is 0 Å². The molecule has 1 fully saturated rings. The minimum absolute atomic E-state index is 0.00838. The minimum atomic E-state index is -0.417. The van der Waals surface area contributed by atoms with Gasteiger partial charge in [-0.25, -0.2) is 4.39 Å². The van der Waals surface area contributed by atoms with Gasteiger partial charge in [0.15, 0.2) is 0 Å². The number of nitrogens with zero attached hydrogens (tertiary/aromatic N) is 1. The number of nitrogens with one attached hydrogen (secondary N) is 1. The number of amides is 2. The molecule has 1 N–H and O–H groups in total. The summed E-state index contributed by atoms with van der Waals surface area (Å²) in [4.78, 5) is 27.1. The fourth-order valence-electron chi connectivity index (χ4n) is 3.72. The largest absolute Gasteiger partial charge is 0.339 e. The number of aryl methyl sites for hydroxylation is 1. The van der Waals surface area contributed by atoms with Crippen molar-refractivity contribution in [1.29, 1.82) is 0 Å². The quantitative estimate of drug-likeness (QED) is 0.830. The number of carbonyl (C=O) groups excluding carboxylic acids is 2. The van der Waals surface area contributed by atoms with Gasteiger partial charge in [-0.15, -0.1) is 0 Å². The summed E-state index contributed by atoms with van der Waals surface area (Å²) in [5.74, 6) is -0.398. The van der Waals surface area contributed by atoms with E-state index in [4.69, 9.17) is 0 Å². The molecule has 28 heavy (non-hydrogen) atoms. The first-order valence-corrected chi connectivity index (χ1v) is 9.82. The van der Waals surface area contributed by atoms with Gasteiger partial charge in [0.1, 0.15) is 5.82 Å². The molecule has 148 valence electrons. The highest BCUT2D eigenvalue weighted by molar-refractivity contribution is 5.96. The minimum Gasteiger partial charge on any atom is -0.339 e. The lowest BCUT2D eigenvalue weighted by molar-refractivity contribution is -0.121. The van der Waals surface area contributed by atoms with Crippen LogP contribution in [0.5, 0.6) is 0 Å². The summed E-state index contributed by atoms with van der Waals surface area (Å²) in [7, 11) is 0. The molecule has 5 heteroatoms. The molecule has 0 bridgehead atoms. The van der Waals surface area contributed by atoms with E-state index in [0.29, 0.717) is 37.4 Å². The van der Waals surface area contributed by atoms with Crippen LogP contribution in [-0.4, -0.2) is 29.8 Å². The number of carbonyl (C=O) groups is 2. The summed E-state index contributed by atoms with van der Waals surface area (Å²) >= 11 is 0. The maximum absolute atomic E-state index is 13.4. The maximum atomic E-state index is 13.4. The van der Waals surface area contributed by atoms with E-state index in [9.17, 15) is 14.0 Å². The van der Waals surface area contributed by atoms with E-state index in [-0.39, 0.29) is 17.7 Å². The Hall–Kier alpha value is -2.69. The van der Waals surface area contributed by atoms with Gasteiger partial charge in [-0.3, -0.25) is 9.59 Å². The number of benzene rings is 2. The van der Waals surface area contributed by atoms with E-state index >= 15 is 0 Å². The van der Waals surface area contributed by atoms with Crippen LogP contribution in [-0.2, 0) is 4.79 Å². The number of para-hydroxylation sites is 1. The molecular weight excluding hydrogens is 355 g/mol. The molecule has 4 nitrogen and oxygen atoms in total. The summed E-state index contributed by atoms with van der Waals surface area (Å²) in [6.07, 6.45) is 1.21. The second-order valence-electron chi connectivity index (χ2n) is 7.76. The molecule has 0 radical (unpaired) electrons. The molecule has 3 rings (SSSR count). The van der Waals surface area contributed by atoms with Gasteiger partial charge < -0.3 is 10.2 Å². The van der Waals surface area contributed by atoms with Crippen LogP contribution in [0, 0.1) is 18.7 Å². The molecule has 0 aliphatic carbocycles. The SMILES string of the molecule is Cc1cccc(C(C)C)c1NC(=O)C1CCN(C(=O)c2cccc(F)c2)CC1. The average Bonchev–Trinajstić information content (AvgIpc) is 2.68.